The minimum atomic E-state index is -0.0920. The van der Waals surface area contributed by atoms with Crippen LogP contribution in [0.25, 0.3) is 0 Å². The van der Waals surface area contributed by atoms with E-state index in [1.54, 1.807) is 23.1 Å². The Labute approximate surface area is 123 Å². The average molecular weight is 299 g/mol. The SMILES string of the molecule is Nc1c(Cl)cccc1C(=O)N1CCC(OCCO)CC1. The molecule has 1 saturated heterocycles. The molecule has 0 unspecified atom stereocenters. The van der Waals surface area contributed by atoms with Crippen molar-refractivity contribution in [3.8, 4) is 0 Å². The van der Waals surface area contributed by atoms with Gasteiger partial charge in [-0.3, -0.25) is 4.79 Å². The van der Waals surface area contributed by atoms with E-state index in [9.17, 15) is 4.79 Å². The maximum absolute atomic E-state index is 12.4. The highest BCUT2D eigenvalue weighted by Gasteiger charge is 2.25. The van der Waals surface area contributed by atoms with E-state index in [1.165, 1.54) is 0 Å². The topological polar surface area (TPSA) is 75.8 Å². The molecule has 0 aliphatic carbocycles. The summed E-state index contributed by atoms with van der Waals surface area (Å²) in [6.07, 6.45) is 1.65. The Kier molecular flexibility index (Phi) is 5.23. The number of rotatable bonds is 4. The zero-order valence-corrected chi connectivity index (χ0v) is 12.0. The van der Waals surface area contributed by atoms with Crippen LogP contribution >= 0.6 is 11.6 Å². The van der Waals surface area contributed by atoms with Gasteiger partial charge >= 0.3 is 0 Å². The molecule has 1 amide bonds. The third-order valence-electron chi connectivity index (χ3n) is 3.46. The number of aliphatic hydroxyl groups is 1. The van der Waals surface area contributed by atoms with E-state index in [0.717, 1.165) is 12.8 Å². The van der Waals surface area contributed by atoms with Crippen LogP contribution in [-0.4, -0.2) is 48.3 Å². The average Bonchev–Trinajstić information content (AvgIpc) is 2.48. The standard InChI is InChI=1S/C14H19ClN2O3/c15-12-3-1-2-11(13(12)16)14(19)17-6-4-10(5-7-17)20-9-8-18/h1-3,10,18H,4-9,16H2. The number of nitrogens with zero attached hydrogens (tertiary/aromatic N) is 1. The van der Waals surface area contributed by atoms with E-state index >= 15 is 0 Å². The maximum atomic E-state index is 12.4. The number of anilines is 1. The van der Waals surface area contributed by atoms with Gasteiger partial charge < -0.3 is 20.5 Å². The summed E-state index contributed by atoms with van der Waals surface area (Å²) in [7, 11) is 0. The predicted octanol–water partition coefficient (Wildman–Crippen LogP) is 1.54. The second-order valence-electron chi connectivity index (χ2n) is 4.79. The molecule has 0 aromatic heterocycles. The van der Waals surface area contributed by atoms with Crippen LogP contribution in [0.4, 0.5) is 5.69 Å². The summed E-state index contributed by atoms with van der Waals surface area (Å²) in [6.45, 7) is 1.62. The zero-order chi connectivity index (χ0) is 14.5. The Hall–Kier alpha value is -1.30. The van der Waals surface area contributed by atoms with Gasteiger partial charge in [0.2, 0.25) is 0 Å². The number of nitrogens with two attached hydrogens (primary N) is 1. The van der Waals surface area contributed by atoms with Crippen LogP contribution in [0.15, 0.2) is 18.2 Å². The van der Waals surface area contributed by atoms with Gasteiger partial charge in [0.05, 0.1) is 35.6 Å². The van der Waals surface area contributed by atoms with Crippen molar-refractivity contribution in [1.29, 1.82) is 0 Å². The fourth-order valence-electron chi connectivity index (χ4n) is 2.34. The smallest absolute Gasteiger partial charge is 0.256 e. The lowest BCUT2D eigenvalue weighted by molar-refractivity contribution is -0.00552. The minimum Gasteiger partial charge on any atom is -0.397 e. The summed E-state index contributed by atoms with van der Waals surface area (Å²) < 4.78 is 5.47. The lowest BCUT2D eigenvalue weighted by Crippen LogP contribution is -2.41. The van der Waals surface area contributed by atoms with Crippen LogP contribution in [0.1, 0.15) is 23.2 Å². The third-order valence-corrected chi connectivity index (χ3v) is 3.79. The predicted molar refractivity (Wildman–Crippen MR) is 77.8 cm³/mol. The van der Waals surface area contributed by atoms with Gasteiger partial charge in [-0.2, -0.15) is 0 Å². The molecule has 0 radical (unpaired) electrons. The molecule has 20 heavy (non-hydrogen) atoms. The Morgan fingerprint density at radius 2 is 2.15 bits per heavy atom. The summed E-state index contributed by atoms with van der Waals surface area (Å²) in [4.78, 5) is 14.2. The molecule has 1 aliphatic heterocycles. The number of nitrogen functional groups attached to an aromatic ring is 1. The van der Waals surface area contributed by atoms with Crippen LogP contribution in [-0.2, 0) is 4.74 Å². The number of carbonyl (C=O) groups excluding carboxylic acids is 1. The molecule has 2 rings (SSSR count). The normalized spacial score (nSPS) is 16.4. The van der Waals surface area contributed by atoms with E-state index in [2.05, 4.69) is 0 Å². The molecule has 1 aromatic carbocycles. The van der Waals surface area contributed by atoms with Gasteiger partial charge in [-0.05, 0) is 25.0 Å². The highest BCUT2D eigenvalue weighted by molar-refractivity contribution is 6.33. The van der Waals surface area contributed by atoms with Crippen molar-refractivity contribution in [2.45, 2.75) is 18.9 Å². The van der Waals surface area contributed by atoms with Crippen LogP contribution in [0, 0.1) is 0 Å². The molecular formula is C14H19ClN2O3. The zero-order valence-electron chi connectivity index (χ0n) is 11.2. The van der Waals surface area contributed by atoms with Gasteiger partial charge in [0.15, 0.2) is 0 Å². The molecule has 1 aliphatic rings. The maximum Gasteiger partial charge on any atom is 0.256 e. The quantitative estimate of drug-likeness (QED) is 0.827. The molecule has 1 heterocycles. The first-order valence-corrected chi connectivity index (χ1v) is 7.07. The van der Waals surface area contributed by atoms with Crippen LogP contribution in [0.3, 0.4) is 0 Å². The number of amides is 1. The van der Waals surface area contributed by atoms with E-state index in [-0.39, 0.29) is 18.6 Å². The molecule has 1 fully saturated rings. The van der Waals surface area contributed by atoms with E-state index in [1.807, 2.05) is 0 Å². The number of para-hydroxylation sites is 1. The number of aliphatic hydroxyl groups excluding tert-OH is 1. The summed E-state index contributed by atoms with van der Waals surface area (Å²) in [5.41, 5.74) is 6.63. The fourth-order valence-corrected chi connectivity index (χ4v) is 2.51. The van der Waals surface area contributed by atoms with Gasteiger partial charge in [0, 0.05) is 13.1 Å². The second kappa shape index (κ2) is 6.92. The van der Waals surface area contributed by atoms with Crippen molar-refractivity contribution in [3.63, 3.8) is 0 Å². The molecule has 110 valence electrons. The number of carbonyl (C=O) groups is 1. The molecule has 0 bridgehead atoms. The van der Waals surface area contributed by atoms with E-state index in [4.69, 9.17) is 27.2 Å². The van der Waals surface area contributed by atoms with Crippen LogP contribution in [0.2, 0.25) is 5.02 Å². The lowest BCUT2D eigenvalue weighted by Gasteiger charge is -2.32. The molecule has 1 aromatic rings. The first-order valence-electron chi connectivity index (χ1n) is 6.69. The van der Waals surface area contributed by atoms with Gasteiger partial charge in [-0.1, -0.05) is 17.7 Å². The Bertz CT molecular complexity index is 473. The van der Waals surface area contributed by atoms with Crippen molar-refractivity contribution >= 4 is 23.2 Å². The number of likely N-dealkylation sites (tertiary alicyclic amines) is 1. The largest absolute Gasteiger partial charge is 0.397 e. The van der Waals surface area contributed by atoms with Gasteiger partial charge in [-0.15, -0.1) is 0 Å². The monoisotopic (exact) mass is 298 g/mol. The first kappa shape index (κ1) is 15.1. The van der Waals surface area contributed by atoms with Crippen LogP contribution in [0.5, 0.6) is 0 Å². The van der Waals surface area contributed by atoms with Gasteiger partial charge in [-0.25, -0.2) is 0 Å². The Morgan fingerprint density at radius 1 is 1.45 bits per heavy atom. The van der Waals surface area contributed by atoms with Crippen molar-refractivity contribution in [2.24, 2.45) is 0 Å². The van der Waals surface area contributed by atoms with Crippen molar-refractivity contribution in [2.75, 3.05) is 32.0 Å². The molecule has 5 nitrogen and oxygen atoms in total. The number of ether oxygens (including phenoxy) is 1. The van der Waals surface area contributed by atoms with E-state index < -0.39 is 0 Å². The number of halogens is 1. The fraction of sp³-hybridized carbons (Fsp3) is 0.500. The summed E-state index contributed by atoms with van der Waals surface area (Å²) in [6, 6.07) is 5.09. The minimum absolute atomic E-state index is 0.0260. The molecule has 0 atom stereocenters. The van der Waals surface area contributed by atoms with Crippen molar-refractivity contribution in [1.82, 2.24) is 4.90 Å². The first-order chi connectivity index (χ1) is 9.63. The Balaban J connectivity index is 1.96. The number of piperidine rings is 1. The van der Waals surface area contributed by atoms with Crippen LogP contribution < -0.4 is 5.73 Å². The van der Waals surface area contributed by atoms with Gasteiger partial charge in [0.1, 0.15) is 0 Å². The van der Waals surface area contributed by atoms with Crippen molar-refractivity contribution < 1.29 is 14.6 Å². The molecule has 6 heteroatoms. The summed E-state index contributed by atoms with van der Waals surface area (Å²) in [5.74, 6) is -0.0920. The lowest BCUT2D eigenvalue weighted by atomic mass is 10.1. The molecule has 3 N–H and O–H groups in total. The summed E-state index contributed by atoms with van der Waals surface area (Å²) in [5, 5.41) is 9.13. The van der Waals surface area contributed by atoms with Crippen molar-refractivity contribution in [3.05, 3.63) is 28.8 Å². The Morgan fingerprint density at radius 3 is 2.80 bits per heavy atom. The van der Waals surface area contributed by atoms with Gasteiger partial charge in [0.25, 0.3) is 5.91 Å². The number of hydrogen-bond acceptors (Lipinski definition) is 4. The van der Waals surface area contributed by atoms with E-state index in [0.29, 0.717) is 36.0 Å². The highest BCUT2D eigenvalue weighted by Crippen LogP contribution is 2.25. The number of hydrogen-bond donors (Lipinski definition) is 2. The molecular weight excluding hydrogens is 280 g/mol. The third kappa shape index (κ3) is 3.42. The summed E-state index contributed by atoms with van der Waals surface area (Å²) >= 11 is 5.94. The second-order valence-corrected chi connectivity index (χ2v) is 5.19. The molecule has 0 saturated carbocycles. The highest BCUT2D eigenvalue weighted by atomic mass is 35.5. The molecule has 0 spiro atoms. The number of benzene rings is 1.